The van der Waals surface area contributed by atoms with Gasteiger partial charge in [0.1, 0.15) is 5.82 Å². The second-order valence-electron chi connectivity index (χ2n) is 3.56. The fourth-order valence-electron chi connectivity index (χ4n) is 1.18. The minimum Gasteiger partial charge on any atom is -0.382 e. The highest BCUT2D eigenvalue weighted by Crippen LogP contribution is 2.02. The molecule has 0 spiro atoms. The van der Waals surface area contributed by atoms with Gasteiger partial charge in [0.15, 0.2) is 0 Å². The third-order valence-corrected chi connectivity index (χ3v) is 2.07. The summed E-state index contributed by atoms with van der Waals surface area (Å²) in [4.78, 5) is 27.6. The number of hydroxylamine groups is 1. The van der Waals surface area contributed by atoms with E-state index in [0.29, 0.717) is 6.61 Å². The summed E-state index contributed by atoms with van der Waals surface area (Å²) >= 11 is 0. The monoisotopic (exact) mass is 270 g/mol. The maximum Gasteiger partial charge on any atom is 0.262 e. The van der Waals surface area contributed by atoms with Crippen molar-refractivity contribution in [2.75, 3.05) is 26.9 Å². The van der Waals surface area contributed by atoms with Crippen LogP contribution in [-0.4, -0.2) is 38.7 Å². The van der Waals surface area contributed by atoms with E-state index in [1.165, 1.54) is 25.3 Å². The Kier molecular flexibility index (Phi) is 6.48. The van der Waals surface area contributed by atoms with Gasteiger partial charge in [0.05, 0.1) is 19.8 Å². The van der Waals surface area contributed by atoms with Crippen LogP contribution < -0.4 is 10.8 Å². The zero-order valence-corrected chi connectivity index (χ0v) is 10.4. The summed E-state index contributed by atoms with van der Waals surface area (Å²) in [5.74, 6) is -1.56. The van der Waals surface area contributed by atoms with Crippen molar-refractivity contribution in [3.63, 3.8) is 0 Å². The Hall–Kier alpha value is -1.99. The second kappa shape index (κ2) is 8.17. The van der Waals surface area contributed by atoms with Crippen LogP contribution in [0.1, 0.15) is 10.4 Å². The van der Waals surface area contributed by atoms with Crippen LogP contribution in [0.5, 0.6) is 0 Å². The number of methoxy groups -OCH3 is 1. The second-order valence-corrected chi connectivity index (χ2v) is 3.56. The van der Waals surface area contributed by atoms with Gasteiger partial charge in [-0.2, -0.15) is 0 Å². The first kappa shape index (κ1) is 15.1. The quantitative estimate of drug-likeness (QED) is 0.550. The molecule has 2 amide bonds. The molecular weight excluding hydrogens is 255 g/mol. The third-order valence-electron chi connectivity index (χ3n) is 2.07. The van der Waals surface area contributed by atoms with E-state index in [0.717, 1.165) is 6.07 Å². The van der Waals surface area contributed by atoms with Crippen molar-refractivity contribution in [3.05, 3.63) is 35.6 Å². The van der Waals surface area contributed by atoms with Gasteiger partial charge in [0, 0.05) is 12.7 Å². The molecule has 0 unspecified atom stereocenters. The molecule has 0 atom stereocenters. The van der Waals surface area contributed by atoms with Crippen LogP contribution in [0, 0.1) is 5.82 Å². The number of carbonyl (C=O) groups is 2. The first-order chi connectivity index (χ1) is 9.13. The van der Waals surface area contributed by atoms with Gasteiger partial charge in [-0.25, -0.2) is 9.87 Å². The maximum absolute atomic E-state index is 12.9. The van der Waals surface area contributed by atoms with Crippen LogP contribution in [0.25, 0.3) is 0 Å². The number of nitrogens with one attached hydrogen (secondary N) is 2. The molecule has 0 aliphatic rings. The van der Waals surface area contributed by atoms with Crippen LogP contribution >= 0.6 is 0 Å². The molecule has 104 valence electrons. The highest BCUT2D eigenvalue weighted by molar-refractivity contribution is 5.96. The number of hydrogen-bond acceptors (Lipinski definition) is 4. The molecule has 0 saturated heterocycles. The lowest BCUT2D eigenvalue weighted by Crippen LogP contribution is -2.37. The zero-order chi connectivity index (χ0) is 14.1. The number of carbonyl (C=O) groups excluding carboxylic acids is 2. The van der Waals surface area contributed by atoms with E-state index in [1.54, 1.807) is 0 Å². The summed E-state index contributed by atoms with van der Waals surface area (Å²) in [7, 11) is 1.50. The minimum atomic E-state index is -0.536. The summed E-state index contributed by atoms with van der Waals surface area (Å²) in [5, 5.41) is 2.34. The summed E-state index contributed by atoms with van der Waals surface area (Å²) in [6, 6.07) is 5.18. The molecule has 0 radical (unpaired) electrons. The fraction of sp³-hybridized carbons (Fsp3) is 0.333. The molecule has 2 N–H and O–H groups in total. The van der Waals surface area contributed by atoms with Crippen molar-refractivity contribution in [2.45, 2.75) is 0 Å². The topological polar surface area (TPSA) is 76.7 Å². The minimum absolute atomic E-state index is 0.146. The van der Waals surface area contributed by atoms with Gasteiger partial charge >= 0.3 is 0 Å². The molecule has 0 fully saturated rings. The van der Waals surface area contributed by atoms with E-state index in [-0.39, 0.29) is 18.7 Å². The summed E-state index contributed by atoms with van der Waals surface area (Å²) in [6.07, 6.45) is 0. The Labute approximate surface area is 109 Å². The smallest absolute Gasteiger partial charge is 0.262 e. The van der Waals surface area contributed by atoms with Crippen molar-refractivity contribution in [1.29, 1.82) is 0 Å². The molecule has 0 aliphatic heterocycles. The molecule has 1 rings (SSSR count). The average Bonchev–Trinajstić information content (AvgIpc) is 2.41. The Morgan fingerprint density at radius 3 is 2.79 bits per heavy atom. The summed E-state index contributed by atoms with van der Waals surface area (Å²) < 4.78 is 17.6. The predicted molar refractivity (Wildman–Crippen MR) is 64.7 cm³/mol. The van der Waals surface area contributed by atoms with E-state index >= 15 is 0 Å². The number of amides is 2. The molecule has 6 nitrogen and oxygen atoms in total. The van der Waals surface area contributed by atoms with Gasteiger partial charge in [0.2, 0.25) is 0 Å². The molecule has 0 aromatic heterocycles. The van der Waals surface area contributed by atoms with E-state index in [4.69, 9.17) is 9.57 Å². The molecule has 0 aliphatic carbocycles. The van der Waals surface area contributed by atoms with Crippen LogP contribution in [-0.2, 0) is 14.4 Å². The molecular formula is C12H15FN2O4. The number of rotatable bonds is 7. The molecule has 0 heterocycles. The number of benzene rings is 1. The first-order valence-electron chi connectivity index (χ1n) is 5.57. The highest BCUT2D eigenvalue weighted by Gasteiger charge is 2.08. The predicted octanol–water partition coefficient (Wildman–Crippen LogP) is 0.250. The van der Waals surface area contributed by atoms with E-state index in [9.17, 15) is 14.0 Å². The largest absolute Gasteiger partial charge is 0.382 e. The number of halogens is 1. The molecule has 1 aromatic carbocycles. The Morgan fingerprint density at radius 1 is 1.32 bits per heavy atom. The average molecular weight is 270 g/mol. The van der Waals surface area contributed by atoms with Crippen molar-refractivity contribution < 1.29 is 23.6 Å². The Bertz CT molecular complexity index is 439. The lowest BCUT2D eigenvalue weighted by atomic mass is 10.2. The van der Waals surface area contributed by atoms with Crippen LogP contribution in [0.2, 0.25) is 0 Å². The van der Waals surface area contributed by atoms with Gasteiger partial charge in [-0.1, -0.05) is 6.07 Å². The standard InChI is InChI=1S/C12H15FN2O4/c1-18-5-6-19-15-11(16)8-14-12(17)9-3-2-4-10(13)7-9/h2-4,7H,5-6,8H2,1H3,(H,14,17)(H,15,16). The van der Waals surface area contributed by atoms with E-state index < -0.39 is 17.6 Å². The molecule has 1 aromatic rings. The van der Waals surface area contributed by atoms with Crippen molar-refractivity contribution in [2.24, 2.45) is 0 Å². The Balaban J connectivity index is 2.28. The van der Waals surface area contributed by atoms with Gasteiger partial charge in [0.25, 0.3) is 11.8 Å². The molecule has 7 heteroatoms. The first-order valence-corrected chi connectivity index (χ1v) is 5.57. The molecule has 0 bridgehead atoms. The number of ether oxygens (including phenoxy) is 1. The molecule has 19 heavy (non-hydrogen) atoms. The van der Waals surface area contributed by atoms with Gasteiger partial charge in [-0.15, -0.1) is 0 Å². The van der Waals surface area contributed by atoms with Crippen molar-refractivity contribution in [1.82, 2.24) is 10.8 Å². The van der Waals surface area contributed by atoms with Crippen LogP contribution in [0.3, 0.4) is 0 Å². The lowest BCUT2D eigenvalue weighted by molar-refractivity contribution is -0.133. The van der Waals surface area contributed by atoms with E-state index in [2.05, 4.69) is 10.8 Å². The number of hydrogen-bond donors (Lipinski definition) is 2. The van der Waals surface area contributed by atoms with Crippen molar-refractivity contribution in [3.8, 4) is 0 Å². The summed E-state index contributed by atoms with van der Waals surface area (Å²) in [5.41, 5.74) is 2.27. The summed E-state index contributed by atoms with van der Waals surface area (Å²) in [6.45, 7) is 0.290. The Morgan fingerprint density at radius 2 is 2.11 bits per heavy atom. The van der Waals surface area contributed by atoms with Crippen LogP contribution in [0.15, 0.2) is 24.3 Å². The van der Waals surface area contributed by atoms with Crippen LogP contribution in [0.4, 0.5) is 4.39 Å². The molecule has 0 saturated carbocycles. The van der Waals surface area contributed by atoms with Gasteiger partial charge in [-0.05, 0) is 18.2 Å². The van der Waals surface area contributed by atoms with Crippen molar-refractivity contribution >= 4 is 11.8 Å². The van der Waals surface area contributed by atoms with Gasteiger partial charge < -0.3 is 10.1 Å². The highest BCUT2D eigenvalue weighted by atomic mass is 19.1. The normalized spacial score (nSPS) is 10.0. The third kappa shape index (κ3) is 5.94. The van der Waals surface area contributed by atoms with Gasteiger partial charge in [-0.3, -0.25) is 14.4 Å². The lowest BCUT2D eigenvalue weighted by Gasteiger charge is -2.07. The SMILES string of the molecule is COCCONC(=O)CNC(=O)c1cccc(F)c1. The maximum atomic E-state index is 12.9. The fourth-order valence-corrected chi connectivity index (χ4v) is 1.18. The van der Waals surface area contributed by atoms with E-state index in [1.807, 2.05) is 0 Å². The zero-order valence-electron chi connectivity index (χ0n) is 10.4.